The summed E-state index contributed by atoms with van der Waals surface area (Å²) in [6, 6.07) is 3.98. The molecule has 1 saturated heterocycles. The van der Waals surface area contributed by atoms with Crippen molar-refractivity contribution < 1.29 is 18.7 Å². The van der Waals surface area contributed by atoms with E-state index in [9.17, 15) is 18.7 Å². The third-order valence-corrected chi connectivity index (χ3v) is 3.55. The number of amides is 1. The molecule has 116 valence electrons. The monoisotopic (exact) mass is 298 g/mol. The number of rotatable bonds is 2. The van der Waals surface area contributed by atoms with Crippen molar-refractivity contribution in [3.8, 4) is 5.75 Å². The van der Waals surface area contributed by atoms with Crippen LogP contribution in [0, 0.1) is 0 Å². The van der Waals surface area contributed by atoms with E-state index in [1.54, 1.807) is 12.1 Å². The Morgan fingerprint density at radius 2 is 2.10 bits per heavy atom. The summed E-state index contributed by atoms with van der Waals surface area (Å²) in [5.41, 5.74) is 1.02. The summed E-state index contributed by atoms with van der Waals surface area (Å²) in [6.45, 7) is 5.51. The van der Waals surface area contributed by atoms with Crippen molar-refractivity contribution in [2.24, 2.45) is 0 Å². The Balaban J connectivity index is 2.14. The summed E-state index contributed by atoms with van der Waals surface area (Å²) in [6.07, 6.45) is -0.529. The Morgan fingerprint density at radius 3 is 2.62 bits per heavy atom. The summed E-state index contributed by atoms with van der Waals surface area (Å²) < 4.78 is 26.2. The van der Waals surface area contributed by atoms with E-state index in [1.807, 2.05) is 20.8 Å². The van der Waals surface area contributed by atoms with Crippen LogP contribution in [0.25, 0.3) is 0 Å². The van der Waals surface area contributed by atoms with Gasteiger partial charge in [-0.05, 0) is 23.1 Å². The van der Waals surface area contributed by atoms with Crippen LogP contribution in [-0.2, 0) is 10.2 Å². The molecule has 1 heterocycles. The molecule has 1 amide bonds. The first kappa shape index (κ1) is 15.7. The van der Waals surface area contributed by atoms with Crippen molar-refractivity contribution in [3.63, 3.8) is 0 Å². The summed E-state index contributed by atoms with van der Waals surface area (Å²) >= 11 is 0. The third-order valence-electron chi connectivity index (χ3n) is 3.55. The topological polar surface area (TPSA) is 61.4 Å². The summed E-state index contributed by atoms with van der Waals surface area (Å²) in [7, 11) is 0. The van der Waals surface area contributed by atoms with Gasteiger partial charge in [0.2, 0.25) is 5.91 Å². The minimum atomic E-state index is -2.86. The van der Waals surface area contributed by atoms with Gasteiger partial charge in [-0.25, -0.2) is 8.78 Å². The Kier molecular flexibility index (Phi) is 3.93. The van der Waals surface area contributed by atoms with Crippen LogP contribution < -0.4 is 10.6 Å². The molecule has 0 aromatic heterocycles. The molecule has 1 atom stereocenters. The molecule has 2 rings (SSSR count). The predicted molar refractivity (Wildman–Crippen MR) is 76.8 cm³/mol. The van der Waals surface area contributed by atoms with Crippen molar-refractivity contribution in [2.75, 3.05) is 11.9 Å². The Morgan fingerprint density at radius 1 is 1.43 bits per heavy atom. The molecule has 4 nitrogen and oxygen atoms in total. The van der Waals surface area contributed by atoms with Crippen LogP contribution in [-0.4, -0.2) is 29.5 Å². The lowest BCUT2D eigenvalue weighted by atomic mass is 9.87. The number of phenolic OH excluding ortho intramolecular Hbond substituents is 1. The van der Waals surface area contributed by atoms with Crippen LogP contribution in [0.2, 0.25) is 0 Å². The van der Waals surface area contributed by atoms with E-state index >= 15 is 0 Å². The van der Waals surface area contributed by atoms with Gasteiger partial charge in [0.05, 0.1) is 18.3 Å². The first-order chi connectivity index (χ1) is 9.58. The van der Waals surface area contributed by atoms with Gasteiger partial charge in [-0.3, -0.25) is 10.1 Å². The van der Waals surface area contributed by atoms with Gasteiger partial charge >= 0.3 is 0 Å². The number of hydrogen-bond acceptors (Lipinski definition) is 3. The fourth-order valence-corrected chi connectivity index (χ4v) is 2.22. The second-order valence-electron chi connectivity index (χ2n) is 6.46. The van der Waals surface area contributed by atoms with Gasteiger partial charge in [-0.2, -0.15) is 0 Å². The average molecular weight is 298 g/mol. The SMILES string of the molecule is CC(C)(C)c1ccc(O)c(NC(=O)C2CC(F)(F)CN2)c1. The number of aromatic hydroxyl groups is 1. The largest absolute Gasteiger partial charge is 0.506 e. The second kappa shape index (κ2) is 5.26. The molecule has 1 aliphatic rings. The lowest BCUT2D eigenvalue weighted by Gasteiger charge is -2.21. The number of alkyl halides is 2. The van der Waals surface area contributed by atoms with E-state index in [2.05, 4.69) is 10.6 Å². The Labute approximate surface area is 122 Å². The van der Waals surface area contributed by atoms with Gasteiger partial charge in [0, 0.05) is 6.42 Å². The fraction of sp³-hybridized carbons (Fsp3) is 0.533. The van der Waals surface area contributed by atoms with Gasteiger partial charge in [0.1, 0.15) is 5.75 Å². The van der Waals surface area contributed by atoms with E-state index in [0.717, 1.165) is 5.56 Å². The number of carbonyl (C=O) groups is 1. The van der Waals surface area contributed by atoms with Crippen LogP contribution in [0.3, 0.4) is 0 Å². The van der Waals surface area contributed by atoms with Gasteiger partial charge in [0.15, 0.2) is 0 Å². The van der Waals surface area contributed by atoms with E-state index in [4.69, 9.17) is 0 Å². The van der Waals surface area contributed by atoms with Crippen LogP contribution in [0.4, 0.5) is 14.5 Å². The number of halogens is 2. The number of phenols is 1. The van der Waals surface area contributed by atoms with E-state index in [0.29, 0.717) is 0 Å². The zero-order valence-electron chi connectivity index (χ0n) is 12.3. The molecule has 21 heavy (non-hydrogen) atoms. The molecule has 0 spiro atoms. The maximum absolute atomic E-state index is 13.1. The van der Waals surface area contributed by atoms with Crippen molar-refractivity contribution in [2.45, 2.75) is 44.6 Å². The van der Waals surface area contributed by atoms with Crippen LogP contribution in [0.15, 0.2) is 18.2 Å². The first-order valence-corrected chi connectivity index (χ1v) is 6.84. The van der Waals surface area contributed by atoms with Crippen molar-refractivity contribution in [1.29, 1.82) is 0 Å². The summed E-state index contributed by atoms with van der Waals surface area (Å²) in [4.78, 5) is 12.0. The first-order valence-electron chi connectivity index (χ1n) is 6.84. The quantitative estimate of drug-likeness (QED) is 0.736. The lowest BCUT2D eigenvalue weighted by Crippen LogP contribution is -2.35. The van der Waals surface area contributed by atoms with Gasteiger partial charge in [-0.1, -0.05) is 26.8 Å². The average Bonchev–Trinajstić information content (AvgIpc) is 2.71. The molecule has 1 fully saturated rings. The molecule has 0 aliphatic carbocycles. The molecule has 0 bridgehead atoms. The van der Waals surface area contributed by atoms with Gasteiger partial charge in [-0.15, -0.1) is 0 Å². The molecule has 1 aromatic carbocycles. The molecular formula is C15H20F2N2O2. The molecule has 6 heteroatoms. The second-order valence-corrected chi connectivity index (χ2v) is 6.46. The van der Waals surface area contributed by atoms with Crippen LogP contribution in [0.5, 0.6) is 5.75 Å². The highest BCUT2D eigenvalue weighted by Gasteiger charge is 2.42. The number of benzene rings is 1. The van der Waals surface area contributed by atoms with Crippen molar-refractivity contribution in [1.82, 2.24) is 5.32 Å². The molecular weight excluding hydrogens is 278 g/mol. The van der Waals surface area contributed by atoms with Crippen LogP contribution >= 0.6 is 0 Å². The van der Waals surface area contributed by atoms with Gasteiger partial charge in [0.25, 0.3) is 5.92 Å². The smallest absolute Gasteiger partial charge is 0.262 e. The van der Waals surface area contributed by atoms with Crippen molar-refractivity contribution in [3.05, 3.63) is 23.8 Å². The fourth-order valence-electron chi connectivity index (χ4n) is 2.22. The molecule has 1 aliphatic heterocycles. The van der Waals surface area contributed by atoms with E-state index in [-0.39, 0.29) is 16.9 Å². The number of anilines is 1. The molecule has 0 radical (unpaired) electrons. The molecule has 3 N–H and O–H groups in total. The number of nitrogens with one attached hydrogen (secondary N) is 2. The normalized spacial score (nSPS) is 21.3. The minimum absolute atomic E-state index is 0.0823. The highest BCUT2D eigenvalue weighted by molar-refractivity contribution is 5.96. The third kappa shape index (κ3) is 3.69. The zero-order chi connectivity index (χ0) is 15.8. The van der Waals surface area contributed by atoms with Crippen molar-refractivity contribution >= 4 is 11.6 Å². The standard InChI is InChI=1S/C15H20F2N2O2/c1-14(2,3)9-4-5-12(20)10(6-9)19-13(21)11-7-15(16,17)8-18-11/h4-6,11,18,20H,7-8H2,1-3H3,(H,19,21). The summed E-state index contributed by atoms with van der Waals surface area (Å²) in [5, 5.41) is 14.8. The summed E-state index contributed by atoms with van der Waals surface area (Å²) in [5.74, 6) is -3.51. The highest BCUT2D eigenvalue weighted by Crippen LogP contribution is 2.31. The molecule has 1 aromatic rings. The minimum Gasteiger partial charge on any atom is -0.506 e. The van der Waals surface area contributed by atoms with Crippen LogP contribution in [0.1, 0.15) is 32.8 Å². The highest BCUT2D eigenvalue weighted by atomic mass is 19.3. The number of carbonyl (C=O) groups excluding carboxylic acids is 1. The maximum atomic E-state index is 13.1. The number of hydrogen-bond donors (Lipinski definition) is 3. The zero-order valence-corrected chi connectivity index (χ0v) is 12.3. The maximum Gasteiger partial charge on any atom is 0.262 e. The molecule has 0 saturated carbocycles. The predicted octanol–water partition coefficient (Wildman–Crippen LogP) is 2.63. The Bertz CT molecular complexity index is 553. The van der Waals surface area contributed by atoms with E-state index < -0.39 is 30.8 Å². The van der Waals surface area contributed by atoms with E-state index in [1.165, 1.54) is 6.07 Å². The lowest BCUT2D eigenvalue weighted by molar-refractivity contribution is -0.118. The molecule has 1 unspecified atom stereocenters. The Hall–Kier alpha value is -1.69. The van der Waals surface area contributed by atoms with Gasteiger partial charge < -0.3 is 10.4 Å².